The van der Waals surface area contributed by atoms with Gasteiger partial charge in [0.1, 0.15) is 5.82 Å². The van der Waals surface area contributed by atoms with Gasteiger partial charge in [0.2, 0.25) is 5.95 Å². The Bertz CT molecular complexity index is 817. The van der Waals surface area contributed by atoms with Gasteiger partial charge in [0.25, 0.3) is 0 Å². The van der Waals surface area contributed by atoms with E-state index in [9.17, 15) is 4.39 Å². The van der Waals surface area contributed by atoms with E-state index in [1.807, 2.05) is 12.1 Å². The Balaban J connectivity index is 1.39. The highest BCUT2D eigenvalue weighted by Gasteiger charge is 2.22. The molecule has 1 aliphatic rings. The number of guanidine groups is 1. The molecule has 7 nitrogen and oxygen atoms in total. The van der Waals surface area contributed by atoms with E-state index in [0.29, 0.717) is 6.54 Å². The van der Waals surface area contributed by atoms with Crippen LogP contribution in [-0.2, 0) is 5.41 Å². The molecule has 0 atom stereocenters. The van der Waals surface area contributed by atoms with Crippen LogP contribution in [0.1, 0.15) is 19.4 Å². The summed E-state index contributed by atoms with van der Waals surface area (Å²) in [4.78, 5) is 17.6. The van der Waals surface area contributed by atoms with Crippen molar-refractivity contribution in [3.8, 4) is 0 Å². The highest BCUT2D eigenvalue weighted by atomic mass is 19.1. The van der Waals surface area contributed by atoms with E-state index >= 15 is 0 Å². The van der Waals surface area contributed by atoms with Gasteiger partial charge in [0.15, 0.2) is 5.96 Å². The van der Waals surface area contributed by atoms with Crippen molar-refractivity contribution in [3.05, 3.63) is 54.1 Å². The molecule has 1 aromatic heterocycles. The Morgan fingerprint density at radius 1 is 1.10 bits per heavy atom. The van der Waals surface area contributed by atoms with E-state index in [-0.39, 0.29) is 11.2 Å². The maximum absolute atomic E-state index is 13.6. The van der Waals surface area contributed by atoms with Crippen LogP contribution in [0, 0.1) is 5.82 Å². The molecule has 0 saturated carbocycles. The number of hydrogen-bond donors (Lipinski definition) is 2. The first-order valence-corrected chi connectivity index (χ1v) is 10.4. The van der Waals surface area contributed by atoms with Crippen molar-refractivity contribution in [1.29, 1.82) is 0 Å². The second-order valence-electron chi connectivity index (χ2n) is 8.12. The van der Waals surface area contributed by atoms with Crippen LogP contribution >= 0.6 is 0 Å². The Hall–Kier alpha value is -2.74. The van der Waals surface area contributed by atoms with Gasteiger partial charge in [-0.3, -0.25) is 9.89 Å². The van der Waals surface area contributed by atoms with Crippen LogP contribution in [0.25, 0.3) is 0 Å². The standard InChI is InChI=1S/C22H32FN7/c1-22(2,18-6-4-7-19(23)16-18)17-28-20(24-3)25-10-11-29-12-14-30(15-13-29)21-26-8-5-9-27-21/h4-9,16H,10-15,17H2,1-3H3,(H2,24,25,28). The van der Waals surface area contributed by atoms with Gasteiger partial charge < -0.3 is 15.5 Å². The molecule has 2 heterocycles. The van der Waals surface area contributed by atoms with E-state index in [1.54, 1.807) is 31.6 Å². The highest BCUT2D eigenvalue weighted by molar-refractivity contribution is 5.79. The smallest absolute Gasteiger partial charge is 0.225 e. The lowest BCUT2D eigenvalue weighted by Gasteiger charge is -2.34. The Morgan fingerprint density at radius 3 is 2.50 bits per heavy atom. The quantitative estimate of drug-likeness (QED) is 0.534. The maximum Gasteiger partial charge on any atom is 0.225 e. The van der Waals surface area contributed by atoms with Gasteiger partial charge in [-0.2, -0.15) is 0 Å². The van der Waals surface area contributed by atoms with E-state index < -0.39 is 0 Å². The predicted molar refractivity (Wildman–Crippen MR) is 119 cm³/mol. The lowest BCUT2D eigenvalue weighted by atomic mass is 9.84. The van der Waals surface area contributed by atoms with Gasteiger partial charge in [-0.15, -0.1) is 0 Å². The monoisotopic (exact) mass is 413 g/mol. The van der Waals surface area contributed by atoms with Gasteiger partial charge in [0.05, 0.1) is 0 Å². The van der Waals surface area contributed by atoms with Crippen LogP contribution in [-0.4, -0.2) is 73.7 Å². The minimum absolute atomic E-state index is 0.206. The van der Waals surface area contributed by atoms with Crippen LogP contribution in [0.15, 0.2) is 47.7 Å². The van der Waals surface area contributed by atoms with Gasteiger partial charge in [-0.1, -0.05) is 26.0 Å². The molecule has 3 rings (SSSR count). The lowest BCUT2D eigenvalue weighted by molar-refractivity contribution is 0.260. The molecule has 1 aliphatic heterocycles. The van der Waals surface area contributed by atoms with Crippen LogP contribution in [0.5, 0.6) is 0 Å². The summed E-state index contributed by atoms with van der Waals surface area (Å²) >= 11 is 0. The first-order valence-electron chi connectivity index (χ1n) is 10.4. The third-order valence-electron chi connectivity index (χ3n) is 5.46. The summed E-state index contributed by atoms with van der Waals surface area (Å²) in [7, 11) is 1.77. The van der Waals surface area contributed by atoms with Crippen molar-refractivity contribution in [2.24, 2.45) is 4.99 Å². The van der Waals surface area contributed by atoms with Crippen molar-refractivity contribution in [3.63, 3.8) is 0 Å². The molecule has 30 heavy (non-hydrogen) atoms. The SMILES string of the molecule is CN=C(NCCN1CCN(c2ncccn2)CC1)NCC(C)(C)c1cccc(F)c1. The van der Waals surface area contributed by atoms with Crippen LogP contribution in [0.2, 0.25) is 0 Å². The van der Waals surface area contributed by atoms with E-state index in [4.69, 9.17) is 0 Å². The lowest BCUT2D eigenvalue weighted by Crippen LogP contribution is -2.50. The summed E-state index contributed by atoms with van der Waals surface area (Å²) in [6.07, 6.45) is 3.57. The number of aromatic nitrogens is 2. The number of piperazine rings is 1. The third-order valence-corrected chi connectivity index (χ3v) is 5.46. The fourth-order valence-corrected chi connectivity index (χ4v) is 3.50. The second-order valence-corrected chi connectivity index (χ2v) is 8.12. The number of hydrogen-bond acceptors (Lipinski definition) is 5. The predicted octanol–water partition coefficient (Wildman–Crippen LogP) is 1.88. The summed E-state index contributed by atoms with van der Waals surface area (Å²) in [5.74, 6) is 1.36. The Kier molecular flexibility index (Phi) is 7.57. The Morgan fingerprint density at radius 2 is 1.83 bits per heavy atom. The molecule has 2 N–H and O–H groups in total. The molecule has 1 saturated heterocycles. The maximum atomic E-state index is 13.6. The average molecular weight is 414 g/mol. The van der Waals surface area contributed by atoms with Crippen molar-refractivity contribution >= 4 is 11.9 Å². The molecule has 0 unspecified atom stereocenters. The Labute approximate surface area is 178 Å². The molecule has 8 heteroatoms. The van der Waals surface area contributed by atoms with Crippen LogP contribution in [0.4, 0.5) is 10.3 Å². The van der Waals surface area contributed by atoms with E-state index in [1.165, 1.54) is 6.07 Å². The van der Waals surface area contributed by atoms with Gasteiger partial charge >= 0.3 is 0 Å². The fourth-order valence-electron chi connectivity index (χ4n) is 3.50. The number of aliphatic imine (C=N–C) groups is 1. The summed E-state index contributed by atoms with van der Waals surface area (Å²) < 4.78 is 13.6. The number of benzene rings is 1. The first kappa shape index (κ1) is 22.0. The second kappa shape index (κ2) is 10.3. The highest BCUT2D eigenvalue weighted by Crippen LogP contribution is 2.22. The summed E-state index contributed by atoms with van der Waals surface area (Å²) in [5, 5.41) is 6.75. The molecule has 0 bridgehead atoms. The topological polar surface area (TPSA) is 68.7 Å². The molecular weight excluding hydrogens is 381 g/mol. The largest absolute Gasteiger partial charge is 0.356 e. The molecular formula is C22H32FN7. The zero-order valence-corrected chi connectivity index (χ0v) is 18.1. The van der Waals surface area contributed by atoms with Crippen molar-refractivity contribution < 1.29 is 4.39 Å². The van der Waals surface area contributed by atoms with Crippen LogP contribution in [0.3, 0.4) is 0 Å². The third kappa shape index (κ3) is 6.13. The van der Waals surface area contributed by atoms with Crippen LogP contribution < -0.4 is 15.5 Å². The minimum Gasteiger partial charge on any atom is -0.356 e. The first-order chi connectivity index (χ1) is 14.5. The number of anilines is 1. The number of halogens is 1. The molecule has 0 amide bonds. The molecule has 162 valence electrons. The average Bonchev–Trinajstić information content (AvgIpc) is 2.77. The van der Waals surface area contributed by atoms with E-state index in [2.05, 4.69) is 49.2 Å². The zero-order valence-electron chi connectivity index (χ0n) is 18.1. The van der Waals surface area contributed by atoms with Gasteiger partial charge in [0, 0.05) is 70.7 Å². The number of nitrogens with one attached hydrogen (secondary N) is 2. The molecule has 1 aromatic carbocycles. The minimum atomic E-state index is -0.213. The normalized spacial score (nSPS) is 15.9. The summed E-state index contributed by atoms with van der Waals surface area (Å²) in [6.45, 7) is 10.4. The fraction of sp³-hybridized carbons (Fsp3) is 0.500. The molecule has 2 aromatic rings. The zero-order chi connectivity index (χ0) is 21.4. The van der Waals surface area contributed by atoms with Gasteiger partial charge in [-0.05, 0) is 23.8 Å². The molecule has 0 spiro atoms. The van der Waals surface area contributed by atoms with Crippen molar-refractivity contribution in [1.82, 2.24) is 25.5 Å². The molecule has 1 fully saturated rings. The van der Waals surface area contributed by atoms with Crippen molar-refractivity contribution in [2.75, 3.05) is 57.8 Å². The van der Waals surface area contributed by atoms with E-state index in [0.717, 1.165) is 56.7 Å². The van der Waals surface area contributed by atoms with Crippen molar-refractivity contribution in [2.45, 2.75) is 19.3 Å². The van der Waals surface area contributed by atoms with Gasteiger partial charge in [-0.25, -0.2) is 14.4 Å². The molecule has 0 radical (unpaired) electrons. The summed E-state index contributed by atoms with van der Waals surface area (Å²) in [6, 6.07) is 8.62. The molecule has 0 aliphatic carbocycles. The number of rotatable bonds is 7. The summed E-state index contributed by atoms with van der Waals surface area (Å²) in [5.41, 5.74) is 0.751. The number of nitrogens with zero attached hydrogens (tertiary/aromatic N) is 5.